The zero-order valence-corrected chi connectivity index (χ0v) is 14.5. The normalized spacial score (nSPS) is 15.5. The number of hydrogen-bond donors (Lipinski definition) is 0. The summed E-state index contributed by atoms with van der Waals surface area (Å²) in [5.74, 6) is 0.652. The Morgan fingerprint density at radius 1 is 1.28 bits per heavy atom. The summed E-state index contributed by atoms with van der Waals surface area (Å²) < 4.78 is 6.45. The third-order valence-corrected chi connectivity index (χ3v) is 4.40. The molecule has 1 saturated heterocycles. The van der Waals surface area contributed by atoms with Crippen LogP contribution in [0.1, 0.15) is 19.2 Å². The van der Waals surface area contributed by atoms with E-state index in [-0.39, 0.29) is 35.9 Å². The smallest absolute Gasteiger partial charge is 0.266 e. The first-order valence-corrected chi connectivity index (χ1v) is 8.43. The standard InChI is InChI=1S/C16H22N6O3/c1-3-20-6-8-21(9-7-20)14(23)4-5-22-11-17-10-13(16(22)24)15-18-12(2)19-25-15/h10-11H,3-9H2,1-2H3. The number of amides is 1. The van der Waals surface area contributed by atoms with E-state index in [0.29, 0.717) is 5.82 Å². The maximum atomic E-state index is 12.5. The minimum absolute atomic E-state index is 0.0571. The van der Waals surface area contributed by atoms with Crippen molar-refractivity contribution >= 4 is 5.91 Å². The molecule has 2 aromatic rings. The zero-order chi connectivity index (χ0) is 17.8. The zero-order valence-electron chi connectivity index (χ0n) is 14.5. The van der Waals surface area contributed by atoms with Crippen molar-refractivity contribution in [3.63, 3.8) is 0 Å². The maximum absolute atomic E-state index is 12.5. The Balaban J connectivity index is 1.64. The second-order valence-corrected chi connectivity index (χ2v) is 6.02. The molecule has 9 heteroatoms. The van der Waals surface area contributed by atoms with Gasteiger partial charge < -0.3 is 14.3 Å². The van der Waals surface area contributed by atoms with Gasteiger partial charge in [-0.25, -0.2) is 4.98 Å². The molecule has 0 atom stereocenters. The molecule has 0 spiro atoms. The van der Waals surface area contributed by atoms with Crippen LogP contribution in [-0.4, -0.2) is 68.1 Å². The van der Waals surface area contributed by atoms with E-state index in [2.05, 4.69) is 26.9 Å². The van der Waals surface area contributed by atoms with E-state index >= 15 is 0 Å². The monoisotopic (exact) mass is 346 g/mol. The summed E-state index contributed by atoms with van der Waals surface area (Å²) in [4.78, 5) is 37.2. The quantitative estimate of drug-likeness (QED) is 0.760. The predicted molar refractivity (Wildman–Crippen MR) is 89.8 cm³/mol. The van der Waals surface area contributed by atoms with Crippen molar-refractivity contribution in [2.75, 3.05) is 32.7 Å². The molecule has 3 rings (SSSR count). The molecule has 2 aromatic heterocycles. The first-order valence-electron chi connectivity index (χ1n) is 8.43. The number of hydrogen-bond acceptors (Lipinski definition) is 7. The van der Waals surface area contributed by atoms with Gasteiger partial charge in [0.25, 0.3) is 11.4 Å². The SMILES string of the molecule is CCN1CCN(C(=O)CCn2cncc(-c3nc(C)no3)c2=O)CC1. The largest absolute Gasteiger partial charge is 0.340 e. The van der Waals surface area contributed by atoms with Crippen LogP contribution in [0.3, 0.4) is 0 Å². The second-order valence-electron chi connectivity index (χ2n) is 6.02. The Morgan fingerprint density at radius 3 is 2.68 bits per heavy atom. The lowest BCUT2D eigenvalue weighted by molar-refractivity contribution is -0.133. The molecule has 0 bridgehead atoms. The van der Waals surface area contributed by atoms with E-state index in [1.54, 1.807) is 6.92 Å². The van der Waals surface area contributed by atoms with Crippen LogP contribution in [0.4, 0.5) is 0 Å². The first-order chi connectivity index (χ1) is 12.1. The maximum Gasteiger partial charge on any atom is 0.266 e. The van der Waals surface area contributed by atoms with Gasteiger partial charge in [-0.2, -0.15) is 4.98 Å². The van der Waals surface area contributed by atoms with Crippen molar-refractivity contribution in [1.29, 1.82) is 0 Å². The molecule has 1 aliphatic heterocycles. The number of carbonyl (C=O) groups is 1. The molecule has 9 nitrogen and oxygen atoms in total. The fourth-order valence-corrected chi connectivity index (χ4v) is 2.85. The van der Waals surface area contributed by atoms with E-state index in [1.165, 1.54) is 17.1 Å². The third-order valence-electron chi connectivity index (χ3n) is 4.40. The van der Waals surface area contributed by atoms with Gasteiger partial charge in [-0.3, -0.25) is 14.2 Å². The predicted octanol–water partition coefficient (Wildman–Crippen LogP) is 0.156. The van der Waals surface area contributed by atoms with Crippen molar-refractivity contribution in [2.45, 2.75) is 26.8 Å². The summed E-state index contributed by atoms with van der Waals surface area (Å²) >= 11 is 0. The van der Waals surface area contributed by atoms with E-state index in [1.807, 2.05) is 4.90 Å². The topological polar surface area (TPSA) is 97.4 Å². The summed E-state index contributed by atoms with van der Waals surface area (Å²) in [6.45, 7) is 8.35. The first kappa shape index (κ1) is 17.3. The number of rotatable bonds is 5. The molecule has 0 unspecified atom stereocenters. The van der Waals surface area contributed by atoms with Gasteiger partial charge in [0, 0.05) is 45.3 Å². The van der Waals surface area contributed by atoms with Crippen LogP contribution in [0.5, 0.6) is 0 Å². The highest BCUT2D eigenvalue weighted by atomic mass is 16.5. The van der Waals surface area contributed by atoms with Gasteiger partial charge in [-0.1, -0.05) is 12.1 Å². The van der Waals surface area contributed by atoms with Crippen LogP contribution in [0.2, 0.25) is 0 Å². The summed E-state index contributed by atoms with van der Waals surface area (Å²) in [5, 5.41) is 3.69. The highest BCUT2D eigenvalue weighted by molar-refractivity contribution is 5.76. The molecule has 0 aromatic carbocycles. The van der Waals surface area contributed by atoms with Crippen LogP contribution in [0.25, 0.3) is 11.5 Å². The molecule has 0 radical (unpaired) electrons. The van der Waals surface area contributed by atoms with E-state index in [4.69, 9.17) is 4.52 Å². The van der Waals surface area contributed by atoms with Crippen molar-refractivity contribution < 1.29 is 9.32 Å². The molecule has 3 heterocycles. The van der Waals surface area contributed by atoms with Gasteiger partial charge in [0.15, 0.2) is 5.82 Å². The van der Waals surface area contributed by atoms with Crippen molar-refractivity contribution in [2.24, 2.45) is 0 Å². The van der Waals surface area contributed by atoms with Crippen LogP contribution in [-0.2, 0) is 11.3 Å². The molecule has 0 saturated carbocycles. The molecule has 0 aliphatic carbocycles. The fourth-order valence-electron chi connectivity index (χ4n) is 2.85. The number of piperazine rings is 1. The summed E-state index contributed by atoms with van der Waals surface area (Å²) in [6.07, 6.45) is 3.09. The molecule has 1 fully saturated rings. The number of aromatic nitrogens is 4. The summed E-state index contributed by atoms with van der Waals surface area (Å²) in [7, 11) is 0. The number of likely N-dealkylation sites (N-methyl/N-ethyl adjacent to an activating group) is 1. The lowest BCUT2D eigenvalue weighted by Gasteiger charge is -2.34. The van der Waals surface area contributed by atoms with Gasteiger partial charge >= 0.3 is 0 Å². The number of carbonyl (C=O) groups excluding carboxylic acids is 1. The van der Waals surface area contributed by atoms with Crippen molar-refractivity contribution in [3.8, 4) is 11.5 Å². The van der Waals surface area contributed by atoms with Gasteiger partial charge in [0.2, 0.25) is 5.91 Å². The van der Waals surface area contributed by atoms with Crippen LogP contribution >= 0.6 is 0 Å². The minimum atomic E-state index is -0.290. The molecule has 25 heavy (non-hydrogen) atoms. The summed E-state index contributed by atoms with van der Waals surface area (Å²) in [5.41, 5.74) is -0.0469. The van der Waals surface area contributed by atoms with E-state index in [0.717, 1.165) is 32.7 Å². The molecule has 1 aliphatic rings. The van der Waals surface area contributed by atoms with Gasteiger partial charge in [-0.05, 0) is 13.5 Å². The van der Waals surface area contributed by atoms with E-state index < -0.39 is 0 Å². The van der Waals surface area contributed by atoms with E-state index in [9.17, 15) is 9.59 Å². The number of aryl methyl sites for hydroxylation is 2. The molecular weight excluding hydrogens is 324 g/mol. The summed E-state index contributed by atoms with van der Waals surface area (Å²) in [6, 6.07) is 0. The van der Waals surface area contributed by atoms with Crippen molar-refractivity contribution in [3.05, 3.63) is 28.7 Å². The fraction of sp³-hybridized carbons (Fsp3) is 0.562. The third kappa shape index (κ3) is 3.93. The Bertz CT molecular complexity index is 791. The lowest BCUT2D eigenvalue weighted by Crippen LogP contribution is -2.48. The van der Waals surface area contributed by atoms with Crippen molar-refractivity contribution in [1.82, 2.24) is 29.5 Å². The van der Waals surface area contributed by atoms with Crippen LogP contribution in [0.15, 0.2) is 21.8 Å². The molecule has 0 N–H and O–H groups in total. The van der Waals surface area contributed by atoms with Crippen LogP contribution < -0.4 is 5.56 Å². The minimum Gasteiger partial charge on any atom is -0.340 e. The second kappa shape index (κ2) is 7.56. The molecule has 1 amide bonds. The average Bonchev–Trinajstić information content (AvgIpc) is 3.07. The van der Waals surface area contributed by atoms with Crippen LogP contribution in [0, 0.1) is 6.92 Å². The van der Waals surface area contributed by atoms with Gasteiger partial charge in [0.05, 0.1) is 6.33 Å². The highest BCUT2D eigenvalue weighted by Gasteiger charge is 2.20. The Hall–Kier alpha value is -2.55. The number of nitrogens with zero attached hydrogens (tertiary/aromatic N) is 6. The molecule has 134 valence electrons. The Labute approximate surface area is 145 Å². The average molecular weight is 346 g/mol. The van der Waals surface area contributed by atoms with Gasteiger partial charge in [0.1, 0.15) is 5.56 Å². The lowest BCUT2D eigenvalue weighted by atomic mass is 10.2. The van der Waals surface area contributed by atoms with Gasteiger partial charge in [-0.15, -0.1) is 0 Å². The highest BCUT2D eigenvalue weighted by Crippen LogP contribution is 2.11. The Kier molecular flexibility index (Phi) is 5.22. The Morgan fingerprint density at radius 2 is 2.04 bits per heavy atom. The molecular formula is C16H22N6O3.